The summed E-state index contributed by atoms with van der Waals surface area (Å²) in [4.78, 5) is 47.5. The Kier molecular flexibility index (Phi) is 5.59. The van der Waals surface area contributed by atoms with Crippen molar-refractivity contribution in [3.05, 3.63) is 81.4 Å². The summed E-state index contributed by atoms with van der Waals surface area (Å²) in [5.41, 5.74) is 1.18. The van der Waals surface area contributed by atoms with Gasteiger partial charge in [-0.2, -0.15) is 0 Å². The van der Waals surface area contributed by atoms with Gasteiger partial charge in [0, 0.05) is 24.8 Å². The van der Waals surface area contributed by atoms with Crippen LogP contribution in [-0.2, 0) is 9.53 Å². The van der Waals surface area contributed by atoms with E-state index in [4.69, 9.17) is 4.74 Å². The van der Waals surface area contributed by atoms with Crippen molar-refractivity contribution in [3.63, 3.8) is 0 Å². The number of carbonyl (C=O) groups is 3. The van der Waals surface area contributed by atoms with Crippen LogP contribution in [0.5, 0.6) is 0 Å². The van der Waals surface area contributed by atoms with Crippen molar-refractivity contribution in [2.75, 3.05) is 13.2 Å². The molecule has 1 heterocycles. The van der Waals surface area contributed by atoms with Gasteiger partial charge in [-0.15, -0.1) is 0 Å². The van der Waals surface area contributed by atoms with Gasteiger partial charge in [0.15, 0.2) is 0 Å². The lowest BCUT2D eigenvalue weighted by Gasteiger charge is -2.13. The Morgan fingerprint density at radius 3 is 2.39 bits per heavy atom. The summed E-state index contributed by atoms with van der Waals surface area (Å²) in [6.45, 7) is 0.180. The Bertz CT molecular complexity index is 947. The zero-order valence-electron chi connectivity index (χ0n) is 14.7. The summed E-state index contributed by atoms with van der Waals surface area (Å²) in [5.74, 6) is -1.32. The molecule has 1 aliphatic rings. The van der Waals surface area contributed by atoms with Crippen LogP contribution in [0.25, 0.3) is 6.08 Å². The number of hydrogen-bond acceptors (Lipinski definition) is 6. The fourth-order valence-corrected chi connectivity index (χ4v) is 2.79. The van der Waals surface area contributed by atoms with E-state index in [0.29, 0.717) is 23.1 Å². The van der Waals surface area contributed by atoms with Crippen molar-refractivity contribution in [1.82, 2.24) is 4.90 Å². The molecule has 0 aromatic heterocycles. The zero-order valence-corrected chi connectivity index (χ0v) is 14.7. The molecule has 8 nitrogen and oxygen atoms in total. The largest absolute Gasteiger partial charge is 0.462 e. The lowest BCUT2D eigenvalue weighted by molar-refractivity contribution is -0.384. The van der Waals surface area contributed by atoms with Crippen LogP contribution in [0.1, 0.15) is 32.7 Å². The third-order valence-electron chi connectivity index (χ3n) is 4.14. The van der Waals surface area contributed by atoms with Crippen LogP contribution in [0.2, 0.25) is 0 Å². The van der Waals surface area contributed by atoms with E-state index < -0.39 is 10.9 Å². The number of benzene rings is 2. The first-order chi connectivity index (χ1) is 13.5. The third kappa shape index (κ3) is 4.12. The second-order valence-corrected chi connectivity index (χ2v) is 6.01. The lowest BCUT2D eigenvalue weighted by Crippen LogP contribution is -2.31. The fourth-order valence-electron chi connectivity index (χ4n) is 2.79. The van der Waals surface area contributed by atoms with Crippen molar-refractivity contribution in [3.8, 4) is 0 Å². The highest BCUT2D eigenvalue weighted by Crippen LogP contribution is 2.22. The number of rotatable bonds is 7. The summed E-state index contributed by atoms with van der Waals surface area (Å²) >= 11 is 0. The topological polar surface area (TPSA) is 107 Å². The minimum Gasteiger partial charge on any atom is -0.462 e. The van der Waals surface area contributed by atoms with Crippen LogP contribution in [0.4, 0.5) is 5.69 Å². The molecule has 0 radical (unpaired) electrons. The Balaban J connectivity index is 1.46. The Hall–Kier alpha value is -3.81. The number of esters is 1. The molecule has 2 aromatic rings. The molecular formula is C20H16N2O6. The molecule has 0 saturated carbocycles. The van der Waals surface area contributed by atoms with E-state index in [9.17, 15) is 24.5 Å². The van der Waals surface area contributed by atoms with Crippen molar-refractivity contribution in [2.24, 2.45) is 0 Å². The molecule has 0 fully saturated rings. The average Bonchev–Trinajstić information content (AvgIpc) is 2.94. The van der Waals surface area contributed by atoms with Gasteiger partial charge in [0.25, 0.3) is 17.5 Å². The van der Waals surface area contributed by atoms with E-state index in [-0.39, 0.29) is 30.7 Å². The van der Waals surface area contributed by atoms with Crippen LogP contribution in [0, 0.1) is 10.1 Å². The van der Waals surface area contributed by atoms with Gasteiger partial charge >= 0.3 is 5.97 Å². The van der Waals surface area contributed by atoms with E-state index in [1.807, 2.05) is 0 Å². The molecule has 2 aromatic carbocycles. The standard InChI is InChI=1S/C20H16N2O6/c23-18(10-9-14-5-3-6-15(13-14)22(26)27)28-12-4-11-21-19(24)16-7-1-2-8-17(16)20(21)25/h1-3,5-10,13H,4,11-12H2/b10-9+. The highest BCUT2D eigenvalue weighted by molar-refractivity contribution is 6.21. The molecule has 0 spiro atoms. The van der Waals surface area contributed by atoms with Crippen molar-refractivity contribution < 1.29 is 24.0 Å². The molecule has 0 bridgehead atoms. The van der Waals surface area contributed by atoms with E-state index in [1.165, 1.54) is 30.4 Å². The first kappa shape index (κ1) is 19.0. The highest BCUT2D eigenvalue weighted by atomic mass is 16.6. The highest BCUT2D eigenvalue weighted by Gasteiger charge is 2.34. The first-order valence-corrected chi connectivity index (χ1v) is 8.52. The molecule has 3 rings (SSSR count). The number of nitrogens with zero attached hydrogens (tertiary/aromatic N) is 2. The average molecular weight is 380 g/mol. The molecule has 0 N–H and O–H groups in total. The van der Waals surface area contributed by atoms with Crippen molar-refractivity contribution in [2.45, 2.75) is 6.42 Å². The number of nitro benzene ring substituents is 1. The van der Waals surface area contributed by atoms with Crippen LogP contribution in [0.15, 0.2) is 54.6 Å². The molecule has 0 atom stereocenters. The van der Waals surface area contributed by atoms with Gasteiger partial charge in [0.2, 0.25) is 0 Å². The number of hydrogen-bond donors (Lipinski definition) is 0. The minimum absolute atomic E-state index is 0.0333. The summed E-state index contributed by atoms with van der Waals surface area (Å²) in [6, 6.07) is 12.4. The van der Waals surface area contributed by atoms with E-state index in [0.717, 1.165) is 4.90 Å². The van der Waals surface area contributed by atoms with Crippen LogP contribution >= 0.6 is 0 Å². The van der Waals surface area contributed by atoms with Crippen LogP contribution in [-0.4, -0.2) is 40.8 Å². The number of imide groups is 1. The molecule has 0 aliphatic carbocycles. The van der Waals surface area contributed by atoms with Crippen LogP contribution < -0.4 is 0 Å². The number of non-ortho nitro benzene ring substituents is 1. The predicted octanol–water partition coefficient (Wildman–Crippen LogP) is 2.84. The number of nitro groups is 1. The number of fused-ring (bicyclic) bond motifs is 1. The second-order valence-electron chi connectivity index (χ2n) is 6.01. The molecule has 0 saturated heterocycles. The molecule has 2 amide bonds. The second kappa shape index (κ2) is 8.26. The maximum absolute atomic E-state index is 12.2. The number of carbonyl (C=O) groups excluding carboxylic acids is 3. The molecule has 28 heavy (non-hydrogen) atoms. The quantitative estimate of drug-likeness (QED) is 0.183. The lowest BCUT2D eigenvalue weighted by atomic mass is 10.1. The fraction of sp³-hybridized carbons (Fsp3) is 0.150. The Morgan fingerprint density at radius 2 is 1.75 bits per heavy atom. The van der Waals surface area contributed by atoms with Gasteiger partial charge < -0.3 is 4.74 Å². The van der Waals surface area contributed by atoms with Crippen LogP contribution in [0.3, 0.4) is 0 Å². The summed E-state index contributed by atoms with van der Waals surface area (Å²) in [7, 11) is 0. The van der Waals surface area contributed by atoms with Crippen molar-refractivity contribution in [1.29, 1.82) is 0 Å². The van der Waals surface area contributed by atoms with E-state index in [1.54, 1.807) is 30.3 Å². The Morgan fingerprint density at radius 1 is 1.07 bits per heavy atom. The van der Waals surface area contributed by atoms with E-state index in [2.05, 4.69) is 0 Å². The first-order valence-electron chi connectivity index (χ1n) is 8.52. The number of ether oxygens (including phenoxy) is 1. The summed E-state index contributed by atoms with van der Waals surface area (Å²) < 4.78 is 5.04. The predicted molar refractivity (Wildman–Crippen MR) is 99.5 cm³/mol. The van der Waals surface area contributed by atoms with E-state index >= 15 is 0 Å². The Labute approximate surface area is 160 Å². The van der Waals surface area contributed by atoms with Gasteiger partial charge in [-0.05, 0) is 30.2 Å². The molecular weight excluding hydrogens is 364 g/mol. The zero-order chi connectivity index (χ0) is 20.1. The maximum atomic E-state index is 12.2. The van der Waals surface area contributed by atoms with Crippen molar-refractivity contribution >= 4 is 29.5 Å². The van der Waals surface area contributed by atoms with Gasteiger partial charge in [-0.1, -0.05) is 24.3 Å². The van der Waals surface area contributed by atoms with Gasteiger partial charge in [-0.3, -0.25) is 24.6 Å². The molecule has 142 valence electrons. The minimum atomic E-state index is -0.617. The monoisotopic (exact) mass is 380 g/mol. The summed E-state index contributed by atoms with van der Waals surface area (Å²) in [6.07, 6.45) is 2.89. The molecule has 0 unspecified atom stereocenters. The molecule has 1 aliphatic heterocycles. The normalized spacial score (nSPS) is 13.1. The third-order valence-corrected chi connectivity index (χ3v) is 4.14. The van der Waals surface area contributed by atoms with Gasteiger partial charge in [0.05, 0.1) is 22.7 Å². The molecule has 8 heteroatoms. The van der Waals surface area contributed by atoms with Gasteiger partial charge in [0.1, 0.15) is 0 Å². The number of amides is 2. The smallest absolute Gasteiger partial charge is 0.330 e. The maximum Gasteiger partial charge on any atom is 0.330 e. The summed E-state index contributed by atoms with van der Waals surface area (Å²) in [5, 5.41) is 10.7. The van der Waals surface area contributed by atoms with Gasteiger partial charge in [-0.25, -0.2) is 4.79 Å². The SMILES string of the molecule is O=C(/C=C/c1cccc([N+](=O)[O-])c1)OCCCN1C(=O)c2ccccc2C1=O.